The third kappa shape index (κ3) is 3.35. The highest BCUT2D eigenvalue weighted by atomic mass is 32.2. The Bertz CT molecular complexity index is 354. The lowest BCUT2D eigenvalue weighted by Gasteiger charge is -2.32. The molecule has 6 heteroatoms. The predicted molar refractivity (Wildman–Crippen MR) is 75.2 cm³/mol. The summed E-state index contributed by atoms with van der Waals surface area (Å²) in [6.07, 6.45) is 3.66. The maximum atomic E-state index is 11.8. The van der Waals surface area contributed by atoms with Crippen molar-refractivity contribution in [3.8, 4) is 0 Å². The van der Waals surface area contributed by atoms with Crippen LogP contribution in [0.1, 0.15) is 25.7 Å². The SMILES string of the molecule is COC(=O)C1(N)CCCC1CCN1CCS(=O)CC1. The van der Waals surface area contributed by atoms with Crippen molar-refractivity contribution in [3.63, 3.8) is 0 Å². The molecule has 2 rings (SSSR count). The fourth-order valence-corrected chi connectivity index (χ4v) is 4.33. The van der Waals surface area contributed by atoms with Crippen LogP contribution in [0.2, 0.25) is 0 Å². The Morgan fingerprint density at radius 3 is 2.79 bits per heavy atom. The second kappa shape index (κ2) is 6.33. The number of methoxy groups -OCH3 is 1. The smallest absolute Gasteiger partial charge is 0.326 e. The van der Waals surface area contributed by atoms with Gasteiger partial charge in [0.2, 0.25) is 0 Å². The molecule has 1 heterocycles. The lowest BCUT2D eigenvalue weighted by atomic mass is 9.85. The second-order valence-electron chi connectivity index (χ2n) is 5.60. The van der Waals surface area contributed by atoms with Crippen LogP contribution in [-0.2, 0) is 20.3 Å². The summed E-state index contributed by atoms with van der Waals surface area (Å²) >= 11 is 0. The van der Waals surface area contributed by atoms with Gasteiger partial charge in [0.1, 0.15) is 5.54 Å². The topological polar surface area (TPSA) is 72.6 Å². The summed E-state index contributed by atoms with van der Waals surface area (Å²) in [5.74, 6) is 1.49. The van der Waals surface area contributed by atoms with Gasteiger partial charge in [0, 0.05) is 35.4 Å². The molecule has 1 aliphatic carbocycles. The minimum Gasteiger partial charge on any atom is -0.468 e. The van der Waals surface area contributed by atoms with Crippen molar-refractivity contribution >= 4 is 16.8 Å². The Balaban J connectivity index is 1.85. The first-order valence-corrected chi connectivity index (χ1v) is 8.49. The van der Waals surface area contributed by atoms with E-state index < -0.39 is 16.3 Å². The molecular weight excluding hydrogens is 264 g/mol. The summed E-state index contributed by atoms with van der Waals surface area (Å²) in [5.41, 5.74) is 5.47. The van der Waals surface area contributed by atoms with E-state index in [4.69, 9.17) is 10.5 Å². The fourth-order valence-electron chi connectivity index (χ4n) is 3.20. The van der Waals surface area contributed by atoms with Gasteiger partial charge >= 0.3 is 5.97 Å². The lowest BCUT2D eigenvalue weighted by Crippen LogP contribution is -2.52. The summed E-state index contributed by atoms with van der Waals surface area (Å²) in [5, 5.41) is 0. The van der Waals surface area contributed by atoms with Gasteiger partial charge in [-0.15, -0.1) is 0 Å². The molecule has 0 radical (unpaired) electrons. The molecule has 2 N–H and O–H groups in total. The number of rotatable bonds is 4. The van der Waals surface area contributed by atoms with E-state index >= 15 is 0 Å². The van der Waals surface area contributed by atoms with E-state index in [1.54, 1.807) is 0 Å². The largest absolute Gasteiger partial charge is 0.468 e. The standard InChI is InChI=1S/C13H24N2O3S/c1-18-12(16)13(14)5-2-3-11(13)4-6-15-7-9-19(17)10-8-15/h11H,2-10,14H2,1H3. The quantitative estimate of drug-likeness (QED) is 0.744. The minimum atomic E-state index is -0.784. The van der Waals surface area contributed by atoms with Crippen molar-refractivity contribution in [1.82, 2.24) is 4.90 Å². The third-order valence-corrected chi connectivity index (χ3v) is 5.78. The zero-order valence-electron chi connectivity index (χ0n) is 11.6. The second-order valence-corrected chi connectivity index (χ2v) is 7.30. The molecule has 5 nitrogen and oxygen atoms in total. The zero-order valence-corrected chi connectivity index (χ0v) is 12.4. The average molecular weight is 288 g/mol. The van der Waals surface area contributed by atoms with Crippen LogP contribution >= 0.6 is 0 Å². The Morgan fingerprint density at radius 2 is 2.16 bits per heavy atom. The van der Waals surface area contributed by atoms with Crippen LogP contribution in [0, 0.1) is 5.92 Å². The molecule has 0 spiro atoms. The maximum Gasteiger partial charge on any atom is 0.326 e. The van der Waals surface area contributed by atoms with Crippen LogP contribution in [0.25, 0.3) is 0 Å². The van der Waals surface area contributed by atoms with Gasteiger partial charge in [0.15, 0.2) is 0 Å². The molecule has 19 heavy (non-hydrogen) atoms. The van der Waals surface area contributed by atoms with Crippen molar-refractivity contribution in [3.05, 3.63) is 0 Å². The fraction of sp³-hybridized carbons (Fsp3) is 0.923. The molecule has 0 aromatic rings. The number of nitrogens with two attached hydrogens (primary N) is 1. The molecular formula is C13H24N2O3S. The first-order valence-electron chi connectivity index (χ1n) is 7.01. The summed E-state index contributed by atoms with van der Waals surface area (Å²) in [6, 6.07) is 0. The van der Waals surface area contributed by atoms with E-state index in [2.05, 4.69) is 4.90 Å². The van der Waals surface area contributed by atoms with Crippen LogP contribution in [0.15, 0.2) is 0 Å². The number of hydrogen-bond acceptors (Lipinski definition) is 5. The summed E-state index contributed by atoms with van der Waals surface area (Å²) in [7, 11) is 0.778. The Labute approximate surface area is 117 Å². The molecule has 1 aliphatic heterocycles. The van der Waals surface area contributed by atoms with Crippen LogP contribution in [0.5, 0.6) is 0 Å². The number of carbonyl (C=O) groups excluding carboxylic acids is 1. The minimum absolute atomic E-state index is 0.215. The van der Waals surface area contributed by atoms with Crippen molar-refractivity contribution in [2.75, 3.05) is 38.2 Å². The summed E-state index contributed by atoms with van der Waals surface area (Å²) in [6.45, 7) is 2.74. The van der Waals surface area contributed by atoms with Crippen LogP contribution in [-0.4, -0.2) is 58.9 Å². The van der Waals surface area contributed by atoms with Gasteiger partial charge in [0.05, 0.1) is 7.11 Å². The van der Waals surface area contributed by atoms with Crippen molar-refractivity contribution in [1.29, 1.82) is 0 Å². The van der Waals surface area contributed by atoms with Crippen LogP contribution < -0.4 is 5.73 Å². The average Bonchev–Trinajstić information content (AvgIpc) is 2.80. The highest BCUT2D eigenvalue weighted by Crippen LogP contribution is 2.37. The van der Waals surface area contributed by atoms with E-state index in [0.29, 0.717) is 0 Å². The summed E-state index contributed by atoms with van der Waals surface area (Å²) < 4.78 is 16.2. The highest BCUT2D eigenvalue weighted by Gasteiger charge is 2.46. The number of esters is 1. The van der Waals surface area contributed by atoms with Gasteiger partial charge in [-0.1, -0.05) is 6.42 Å². The Kier molecular flexibility index (Phi) is 4.97. The Hall–Kier alpha value is -0.460. The predicted octanol–water partition coefficient (Wildman–Crippen LogP) is 0.111. The number of carbonyl (C=O) groups is 1. The van der Waals surface area contributed by atoms with E-state index in [1.165, 1.54) is 7.11 Å². The molecule has 2 atom stereocenters. The summed E-state index contributed by atoms with van der Waals surface area (Å²) in [4.78, 5) is 14.2. The molecule has 2 aliphatic rings. The molecule has 0 amide bonds. The van der Waals surface area contributed by atoms with Crippen molar-refractivity contribution in [2.24, 2.45) is 11.7 Å². The molecule has 1 saturated carbocycles. The van der Waals surface area contributed by atoms with E-state index in [9.17, 15) is 9.00 Å². The van der Waals surface area contributed by atoms with Gasteiger partial charge < -0.3 is 15.4 Å². The lowest BCUT2D eigenvalue weighted by molar-refractivity contribution is -0.148. The van der Waals surface area contributed by atoms with Gasteiger partial charge in [-0.25, -0.2) is 0 Å². The van der Waals surface area contributed by atoms with E-state index in [0.717, 1.165) is 56.8 Å². The molecule has 0 bridgehead atoms. The molecule has 0 aromatic heterocycles. The van der Waals surface area contributed by atoms with Crippen molar-refractivity contribution < 1.29 is 13.7 Å². The monoisotopic (exact) mass is 288 g/mol. The van der Waals surface area contributed by atoms with E-state index in [-0.39, 0.29) is 11.9 Å². The van der Waals surface area contributed by atoms with E-state index in [1.807, 2.05) is 0 Å². The zero-order chi connectivity index (χ0) is 13.9. The number of hydrogen-bond donors (Lipinski definition) is 1. The van der Waals surface area contributed by atoms with Gasteiger partial charge in [-0.2, -0.15) is 0 Å². The first-order chi connectivity index (χ1) is 9.06. The third-order valence-electron chi connectivity index (χ3n) is 4.50. The first kappa shape index (κ1) is 14.9. The Morgan fingerprint density at radius 1 is 1.47 bits per heavy atom. The van der Waals surface area contributed by atoms with Crippen molar-refractivity contribution in [2.45, 2.75) is 31.2 Å². The molecule has 2 fully saturated rings. The van der Waals surface area contributed by atoms with Gasteiger partial charge in [0.25, 0.3) is 0 Å². The molecule has 2 unspecified atom stereocenters. The van der Waals surface area contributed by atoms with Crippen LogP contribution in [0.4, 0.5) is 0 Å². The van der Waals surface area contributed by atoms with Gasteiger partial charge in [-0.3, -0.25) is 9.00 Å². The normalized spacial score (nSPS) is 33.5. The number of ether oxygens (including phenoxy) is 1. The maximum absolute atomic E-state index is 11.8. The van der Waals surface area contributed by atoms with Gasteiger partial charge in [-0.05, 0) is 31.7 Å². The number of nitrogens with zero attached hydrogens (tertiary/aromatic N) is 1. The van der Waals surface area contributed by atoms with Crippen LogP contribution in [0.3, 0.4) is 0 Å². The molecule has 110 valence electrons. The molecule has 1 saturated heterocycles. The molecule has 0 aromatic carbocycles. The highest BCUT2D eigenvalue weighted by molar-refractivity contribution is 7.85.